The van der Waals surface area contributed by atoms with Crippen LogP contribution in [0.3, 0.4) is 0 Å². The summed E-state index contributed by atoms with van der Waals surface area (Å²) in [6.07, 6.45) is 3.57. The van der Waals surface area contributed by atoms with E-state index in [0.29, 0.717) is 23.9 Å². The van der Waals surface area contributed by atoms with Gasteiger partial charge in [-0.25, -0.2) is 13.6 Å². The minimum absolute atomic E-state index is 0.498. The van der Waals surface area contributed by atoms with Gasteiger partial charge in [0, 0.05) is 0 Å². The van der Waals surface area contributed by atoms with Gasteiger partial charge in [0.2, 0.25) is 0 Å². The highest BCUT2D eigenvalue weighted by Gasteiger charge is 2.52. The zero-order chi connectivity index (χ0) is 16.6. The van der Waals surface area contributed by atoms with Crippen molar-refractivity contribution in [1.82, 2.24) is 15.8 Å². The summed E-state index contributed by atoms with van der Waals surface area (Å²) < 4.78 is 26.8. The Hall–Kier alpha value is -2.51. The molecule has 0 bridgehead atoms. The molecule has 1 spiro atoms. The molecule has 4 amide bonds. The van der Waals surface area contributed by atoms with Crippen LogP contribution in [0.4, 0.5) is 13.6 Å². The lowest BCUT2D eigenvalue weighted by Gasteiger charge is -2.30. The molecule has 1 aliphatic carbocycles. The van der Waals surface area contributed by atoms with Crippen LogP contribution in [0.25, 0.3) is 0 Å². The average Bonchev–Trinajstić information content (AvgIpc) is 2.74. The Morgan fingerprint density at radius 1 is 1.17 bits per heavy atom. The molecule has 3 rings (SSSR count). The number of benzene rings is 1. The van der Waals surface area contributed by atoms with Crippen LogP contribution in [0.1, 0.15) is 42.5 Å². The summed E-state index contributed by atoms with van der Waals surface area (Å²) in [5, 5.41) is 3.16. The first-order chi connectivity index (χ1) is 10.9. The number of imide groups is 1. The van der Waals surface area contributed by atoms with Gasteiger partial charge < -0.3 is 5.32 Å². The van der Waals surface area contributed by atoms with E-state index in [1.165, 1.54) is 0 Å². The summed E-state index contributed by atoms with van der Waals surface area (Å²) in [5.41, 5.74) is 0.490. The normalized spacial score (nSPS) is 19.8. The summed E-state index contributed by atoms with van der Waals surface area (Å²) in [4.78, 5) is 36.5. The van der Waals surface area contributed by atoms with Crippen LogP contribution in [0.15, 0.2) is 18.2 Å². The molecule has 1 aliphatic heterocycles. The number of nitrogens with one attached hydrogen (secondary N) is 2. The van der Waals surface area contributed by atoms with Gasteiger partial charge in [-0.1, -0.05) is 19.3 Å². The molecule has 1 saturated heterocycles. The Morgan fingerprint density at radius 2 is 1.87 bits per heavy atom. The third-order valence-corrected chi connectivity index (χ3v) is 4.26. The van der Waals surface area contributed by atoms with Crippen LogP contribution in [-0.4, -0.2) is 28.4 Å². The second-order valence-electron chi connectivity index (χ2n) is 5.78. The fourth-order valence-electron chi connectivity index (χ4n) is 3.05. The molecule has 1 aromatic carbocycles. The maximum Gasteiger partial charge on any atom is 0.344 e. The van der Waals surface area contributed by atoms with Crippen molar-refractivity contribution >= 4 is 17.8 Å². The lowest BCUT2D eigenvalue weighted by molar-refractivity contribution is -0.134. The topological polar surface area (TPSA) is 78.5 Å². The summed E-state index contributed by atoms with van der Waals surface area (Å²) in [7, 11) is 0. The van der Waals surface area contributed by atoms with Crippen molar-refractivity contribution < 1.29 is 23.2 Å². The summed E-state index contributed by atoms with van der Waals surface area (Å²) in [6.45, 7) is 0. The van der Waals surface area contributed by atoms with Crippen molar-refractivity contribution in [3.05, 3.63) is 35.4 Å². The molecule has 8 heteroatoms. The number of amides is 4. The number of hydrogen-bond acceptors (Lipinski definition) is 3. The standard InChI is InChI=1S/C15H15F2N3O3/c16-9-4-5-11(17)10(8-9)12(21)19-20-13(22)15(18-14(20)23)6-2-1-3-7-15/h4-5,8H,1-3,6-7H2,(H,18,23)(H,19,21). The van der Waals surface area contributed by atoms with Crippen LogP contribution in [-0.2, 0) is 4.79 Å². The summed E-state index contributed by atoms with van der Waals surface area (Å²) in [5.74, 6) is -3.36. The molecule has 2 N–H and O–H groups in total. The fraction of sp³-hybridized carbons (Fsp3) is 0.400. The van der Waals surface area contributed by atoms with E-state index < -0.39 is 40.6 Å². The Labute approximate surface area is 130 Å². The van der Waals surface area contributed by atoms with Crippen LogP contribution in [0.2, 0.25) is 0 Å². The van der Waals surface area contributed by atoms with E-state index >= 15 is 0 Å². The van der Waals surface area contributed by atoms with Crippen molar-refractivity contribution in [1.29, 1.82) is 0 Å². The maximum absolute atomic E-state index is 13.6. The third-order valence-electron chi connectivity index (χ3n) is 4.26. The summed E-state index contributed by atoms with van der Waals surface area (Å²) in [6, 6.07) is 1.62. The second kappa shape index (κ2) is 5.60. The highest BCUT2D eigenvalue weighted by atomic mass is 19.1. The molecule has 0 unspecified atom stereocenters. The molecule has 6 nitrogen and oxygen atoms in total. The first-order valence-electron chi connectivity index (χ1n) is 7.36. The molecule has 1 saturated carbocycles. The van der Waals surface area contributed by atoms with Crippen LogP contribution >= 0.6 is 0 Å². The van der Waals surface area contributed by atoms with E-state index in [9.17, 15) is 23.2 Å². The Balaban J connectivity index is 1.80. The van der Waals surface area contributed by atoms with E-state index in [1.807, 2.05) is 0 Å². The molecule has 0 atom stereocenters. The van der Waals surface area contributed by atoms with Crippen molar-refractivity contribution in [2.24, 2.45) is 0 Å². The minimum Gasteiger partial charge on any atom is -0.322 e. The molecule has 23 heavy (non-hydrogen) atoms. The number of hydrazine groups is 1. The molecule has 2 fully saturated rings. The highest BCUT2D eigenvalue weighted by molar-refractivity contribution is 6.09. The highest BCUT2D eigenvalue weighted by Crippen LogP contribution is 2.33. The molecule has 0 aromatic heterocycles. The Kier molecular flexibility index (Phi) is 3.75. The smallest absolute Gasteiger partial charge is 0.322 e. The third kappa shape index (κ3) is 2.64. The zero-order valence-corrected chi connectivity index (χ0v) is 12.2. The van der Waals surface area contributed by atoms with Gasteiger partial charge in [0.25, 0.3) is 11.8 Å². The predicted octanol–water partition coefficient (Wildman–Crippen LogP) is 1.86. The molecule has 1 aromatic rings. The van der Waals surface area contributed by atoms with Gasteiger partial charge in [0.05, 0.1) is 5.56 Å². The van der Waals surface area contributed by atoms with Gasteiger partial charge >= 0.3 is 6.03 Å². The first-order valence-corrected chi connectivity index (χ1v) is 7.36. The molecule has 122 valence electrons. The molecule has 0 radical (unpaired) electrons. The van der Waals surface area contributed by atoms with Gasteiger partial charge in [-0.2, -0.15) is 5.01 Å². The van der Waals surface area contributed by atoms with Gasteiger partial charge in [-0.3, -0.25) is 15.0 Å². The quantitative estimate of drug-likeness (QED) is 0.816. The number of nitrogens with zero attached hydrogens (tertiary/aromatic N) is 1. The average molecular weight is 323 g/mol. The molecular formula is C15H15F2N3O3. The monoisotopic (exact) mass is 323 g/mol. The van der Waals surface area contributed by atoms with Crippen LogP contribution < -0.4 is 10.7 Å². The number of urea groups is 1. The van der Waals surface area contributed by atoms with Crippen LogP contribution in [0, 0.1) is 11.6 Å². The van der Waals surface area contributed by atoms with Crippen molar-refractivity contribution in [2.75, 3.05) is 0 Å². The van der Waals surface area contributed by atoms with E-state index in [2.05, 4.69) is 10.7 Å². The molecular weight excluding hydrogens is 308 g/mol. The van der Waals surface area contributed by atoms with Gasteiger partial charge in [0.1, 0.15) is 17.2 Å². The Morgan fingerprint density at radius 3 is 2.57 bits per heavy atom. The lowest BCUT2D eigenvalue weighted by atomic mass is 9.82. The van der Waals surface area contributed by atoms with Gasteiger partial charge in [0.15, 0.2) is 0 Å². The van der Waals surface area contributed by atoms with Crippen molar-refractivity contribution in [2.45, 2.75) is 37.6 Å². The maximum atomic E-state index is 13.6. The minimum atomic E-state index is -1.06. The van der Waals surface area contributed by atoms with Crippen molar-refractivity contribution in [3.8, 4) is 0 Å². The Bertz CT molecular complexity index is 687. The zero-order valence-electron chi connectivity index (χ0n) is 12.2. The van der Waals surface area contributed by atoms with E-state index in [1.54, 1.807) is 0 Å². The molecule has 2 aliphatic rings. The van der Waals surface area contributed by atoms with Gasteiger partial charge in [-0.05, 0) is 31.0 Å². The van der Waals surface area contributed by atoms with E-state index in [4.69, 9.17) is 0 Å². The van der Waals surface area contributed by atoms with Crippen LogP contribution in [0.5, 0.6) is 0 Å². The first kappa shape index (κ1) is 15.4. The SMILES string of the molecule is O=C(NN1C(=O)NC2(CCCCC2)C1=O)c1cc(F)ccc1F. The van der Waals surface area contributed by atoms with E-state index in [-0.39, 0.29) is 0 Å². The number of hydrogen-bond donors (Lipinski definition) is 2. The molecule has 1 heterocycles. The fourth-order valence-corrected chi connectivity index (χ4v) is 3.05. The van der Waals surface area contributed by atoms with Gasteiger partial charge in [-0.15, -0.1) is 0 Å². The number of halogens is 2. The lowest BCUT2D eigenvalue weighted by Crippen LogP contribution is -2.51. The van der Waals surface area contributed by atoms with E-state index in [0.717, 1.165) is 31.4 Å². The van der Waals surface area contributed by atoms with Crippen molar-refractivity contribution in [3.63, 3.8) is 0 Å². The predicted molar refractivity (Wildman–Crippen MR) is 75.0 cm³/mol. The number of carbonyl (C=O) groups excluding carboxylic acids is 3. The number of carbonyl (C=O) groups is 3. The number of rotatable bonds is 2. The second-order valence-corrected chi connectivity index (χ2v) is 5.78. The largest absolute Gasteiger partial charge is 0.344 e. The summed E-state index contributed by atoms with van der Waals surface area (Å²) >= 11 is 0.